The predicted octanol–water partition coefficient (Wildman–Crippen LogP) is 4.32. The van der Waals surface area contributed by atoms with Gasteiger partial charge >= 0.3 is 6.09 Å². The number of hydrogen-bond acceptors (Lipinski definition) is 4. The number of amides is 1. The van der Waals surface area contributed by atoms with Gasteiger partial charge in [0.25, 0.3) is 0 Å². The number of carbonyl (C=O) groups excluding carboxylic acids is 1. The van der Waals surface area contributed by atoms with Crippen molar-refractivity contribution >= 4 is 6.09 Å². The molecule has 5 heteroatoms. The standard InChI is InChI=1S/C20H29NO4/c1-19(2,3)25-18(22)21-13-11-20(12-14-21)10-9-17(24-20)15-5-7-16(23-4)8-6-15/h5-8,17H,9-14H2,1-4H3/t17-/m0/s1. The smallest absolute Gasteiger partial charge is 0.410 e. The van der Waals surface area contributed by atoms with Crippen LogP contribution < -0.4 is 4.74 Å². The summed E-state index contributed by atoms with van der Waals surface area (Å²) >= 11 is 0. The summed E-state index contributed by atoms with van der Waals surface area (Å²) in [6.07, 6.45) is 3.74. The molecule has 0 aromatic heterocycles. The molecule has 1 aromatic rings. The molecule has 0 N–H and O–H groups in total. The SMILES string of the molecule is COc1ccc([C@@H]2CCC3(CCN(C(=O)OC(C)(C)C)CC3)O2)cc1. The van der Waals surface area contributed by atoms with Gasteiger partial charge in [0.15, 0.2) is 0 Å². The van der Waals surface area contributed by atoms with Gasteiger partial charge in [-0.2, -0.15) is 0 Å². The summed E-state index contributed by atoms with van der Waals surface area (Å²) in [5, 5.41) is 0. The normalized spacial score (nSPS) is 22.9. The summed E-state index contributed by atoms with van der Waals surface area (Å²) in [4.78, 5) is 14.0. The fourth-order valence-electron chi connectivity index (χ4n) is 3.66. The Hall–Kier alpha value is -1.75. The average molecular weight is 347 g/mol. The lowest BCUT2D eigenvalue weighted by atomic mass is 9.88. The highest BCUT2D eigenvalue weighted by molar-refractivity contribution is 5.68. The van der Waals surface area contributed by atoms with Gasteiger partial charge in [0.1, 0.15) is 11.4 Å². The van der Waals surface area contributed by atoms with Gasteiger partial charge in [0, 0.05) is 13.1 Å². The summed E-state index contributed by atoms with van der Waals surface area (Å²) in [7, 11) is 1.68. The first-order valence-corrected chi connectivity index (χ1v) is 9.10. The highest BCUT2D eigenvalue weighted by Crippen LogP contribution is 2.45. The van der Waals surface area contributed by atoms with Crippen molar-refractivity contribution in [3.63, 3.8) is 0 Å². The third-order valence-corrected chi connectivity index (χ3v) is 5.07. The van der Waals surface area contributed by atoms with Crippen LogP contribution in [-0.2, 0) is 9.47 Å². The molecule has 1 aromatic carbocycles. The zero-order valence-corrected chi connectivity index (χ0v) is 15.7. The second kappa shape index (κ2) is 6.87. The molecular weight excluding hydrogens is 318 g/mol. The molecular formula is C20H29NO4. The third kappa shape index (κ3) is 4.27. The summed E-state index contributed by atoms with van der Waals surface area (Å²) in [6, 6.07) is 8.13. The molecule has 1 atom stereocenters. The maximum absolute atomic E-state index is 12.2. The number of rotatable bonds is 2. The van der Waals surface area contributed by atoms with Gasteiger partial charge in [-0.05, 0) is 64.2 Å². The summed E-state index contributed by atoms with van der Waals surface area (Å²) in [6.45, 7) is 7.09. The number of nitrogens with zero attached hydrogens (tertiary/aromatic N) is 1. The van der Waals surface area contributed by atoms with E-state index in [0.29, 0.717) is 13.1 Å². The van der Waals surface area contributed by atoms with Crippen molar-refractivity contribution in [3.05, 3.63) is 29.8 Å². The number of methoxy groups -OCH3 is 1. The van der Waals surface area contributed by atoms with Gasteiger partial charge in [0.05, 0.1) is 18.8 Å². The maximum Gasteiger partial charge on any atom is 0.410 e. The van der Waals surface area contributed by atoms with Gasteiger partial charge in [-0.15, -0.1) is 0 Å². The number of piperidine rings is 1. The number of carbonyl (C=O) groups is 1. The second-order valence-electron chi connectivity index (χ2n) is 8.07. The lowest BCUT2D eigenvalue weighted by molar-refractivity contribution is -0.0791. The van der Waals surface area contributed by atoms with E-state index in [1.807, 2.05) is 32.9 Å². The average Bonchev–Trinajstić information content (AvgIpc) is 2.98. The van der Waals surface area contributed by atoms with E-state index in [4.69, 9.17) is 14.2 Å². The van der Waals surface area contributed by atoms with Crippen molar-refractivity contribution in [1.29, 1.82) is 0 Å². The van der Waals surface area contributed by atoms with Crippen molar-refractivity contribution in [2.24, 2.45) is 0 Å². The molecule has 0 aliphatic carbocycles. The Morgan fingerprint density at radius 3 is 2.36 bits per heavy atom. The predicted molar refractivity (Wildman–Crippen MR) is 95.8 cm³/mol. The van der Waals surface area contributed by atoms with Crippen LogP contribution in [-0.4, -0.2) is 42.4 Å². The highest BCUT2D eigenvalue weighted by atomic mass is 16.6. The van der Waals surface area contributed by atoms with Gasteiger partial charge < -0.3 is 19.1 Å². The molecule has 0 radical (unpaired) electrons. The molecule has 138 valence electrons. The van der Waals surface area contributed by atoms with Crippen LogP contribution >= 0.6 is 0 Å². The van der Waals surface area contributed by atoms with E-state index in [2.05, 4.69) is 12.1 Å². The monoisotopic (exact) mass is 347 g/mol. The molecule has 2 saturated heterocycles. The Morgan fingerprint density at radius 1 is 1.16 bits per heavy atom. The summed E-state index contributed by atoms with van der Waals surface area (Å²) < 4.78 is 17.2. The lowest BCUT2D eigenvalue weighted by Crippen LogP contribution is -2.47. The minimum atomic E-state index is -0.449. The maximum atomic E-state index is 12.2. The number of hydrogen-bond donors (Lipinski definition) is 0. The molecule has 2 fully saturated rings. The fraction of sp³-hybridized carbons (Fsp3) is 0.650. The van der Waals surface area contributed by atoms with Crippen LogP contribution in [0.3, 0.4) is 0 Å². The third-order valence-electron chi connectivity index (χ3n) is 5.07. The van der Waals surface area contributed by atoms with Crippen molar-refractivity contribution in [1.82, 2.24) is 4.90 Å². The molecule has 25 heavy (non-hydrogen) atoms. The van der Waals surface area contributed by atoms with Crippen LogP contribution in [0.2, 0.25) is 0 Å². The molecule has 1 amide bonds. The van der Waals surface area contributed by atoms with E-state index in [-0.39, 0.29) is 17.8 Å². The van der Waals surface area contributed by atoms with Gasteiger partial charge in [-0.1, -0.05) is 12.1 Å². The fourth-order valence-corrected chi connectivity index (χ4v) is 3.66. The molecule has 2 aliphatic rings. The molecule has 0 bridgehead atoms. The zero-order valence-electron chi connectivity index (χ0n) is 15.7. The Labute approximate surface area is 150 Å². The Kier molecular flexibility index (Phi) is 4.96. The highest BCUT2D eigenvalue weighted by Gasteiger charge is 2.44. The molecule has 2 heterocycles. The van der Waals surface area contributed by atoms with E-state index in [1.165, 1.54) is 5.56 Å². The molecule has 0 unspecified atom stereocenters. The topological polar surface area (TPSA) is 48.0 Å². The van der Waals surface area contributed by atoms with Gasteiger partial charge in [-0.3, -0.25) is 0 Å². The Bertz CT molecular complexity index is 597. The molecule has 5 nitrogen and oxygen atoms in total. The first kappa shape index (κ1) is 18.1. The van der Waals surface area contributed by atoms with Crippen LogP contribution in [0.5, 0.6) is 5.75 Å². The zero-order chi connectivity index (χ0) is 18.1. The number of likely N-dealkylation sites (tertiary alicyclic amines) is 1. The van der Waals surface area contributed by atoms with Crippen LogP contribution in [0.4, 0.5) is 4.79 Å². The quantitative estimate of drug-likeness (QED) is 0.799. The van der Waals surface area contributed by atoms with Crippen LogP contribution in [0.1, 0.15) is 58.1 Å². The minimum Gasteiger partial charge on any atom is -0.497 e. The van der Waals surface area contributed by atoms with E-state index in [9.17, 15) is 4.79 Å². The number of ether oxygens (including phenoxy) is 3. The van der Waals surface area contributed by atoms with Gasteiger partial charge in [0.2, 0.25) is 0 Å². The van der Waals surface area contributed by atoms with Crippen molar-refractivity contribution in [2.45, 2.75) is 63.8 Å². The second-order valence-corrected chi connectivity index (χ2v) is 8.07. The Morgan fingerprint density at radius 2 is 1.80 bits per heavy atom. The van der Waals surface area contributed by atoms with Crippen LogP contribution in [0.25, 0.3) is 0 Å². The molecule has 3 rings (SSSR count). The van der Waals surface area contributed by atoms with Crippen molar-refractivity contribution in [2.75, 3.05) is 20.2 Å². The molecule has 0 saturated carbocycles. The van der Waals surface area contributed by atoms with E-state index >= 15 is 0 Å². The van der Waals surface area contributed by atoms with Gasteiger partial charge in [-0.25, -0.2) is 4.79 Å². The molecule has 2 aliphatic heterocycles. The lowest BCUT2D eigenvalue weighted by Gasteiger charge is -2.39. The first-order valence-electron chi connectivity index (χ1n) is 9.10. The summed E-state index contributed by atoms with van der Waals surface area (Å²) in [5.74, 6) is 0.863. The van der Waals surface area contributed by atoms with Crippen molar-refractivity contribution in [3.8, 4) is 5.75 Å². The largest absolute Gasteiger partial charge is 0.497 e. The van der Waals surface area contributed by atoms with E-state index < -0.39 is 5.60 Å². The Balaban J connectivity index is 1.56. The number of benzene rings is 1. The minimum absolute atomic E-state index is 0.0941. The van der Waals surface area contributed by atoms with E-state index in [0.717, 1.165) is 31.4 Å². The molecule has 1 spiro atoms. The van der Waals surface area contributed by atoms with Crippen LogP contribution in [0, 0.1) is 0 Å². The van der Waals surface area contributed by atoms with Crippen LogP contribution in [0.15, 0.2) is 24.3 Å². The first-order chi connectivity index (χ1) is 11.8. The van der Waals surface area contributed by atoms with E-state index in [1.54, 1.807) is 12.0 Å². The summed E-state index contributed by atoms with van der Waals surface area (Å²) in [5.41, 5.74) is 0.658. The van der Waals surface area contributed by atoms with Crippen molar-refractivity contribution < 1.29 is 19.0 Å².